The second kappa shape index (κ2) is 6.44. The summed E-state index contributed by atoms with van der Waals surface area (Å²) in [5, 5.41) is 10.2. The van der Waals surface area contributed by atoms with Crippen LogP contribution in [-0.2, 0) is 19.3 Å². The zero-order valence-corrected chi connectivity index (χ0v) is 14.0. The maximum absolute atomic E-state index is 12.5. The zero-order chi connectivity index (χ0) is 16.4. The molecule has 2 aromatic rings. The fourth-order valence-corrected chi connectivity index (χ4v) is 3.23. The van der Waals surface area contributed by atoms with Gasteiger partial charge in [-0.05, 0) is 43.9 Å². The van der Waals surface area contributed by atoms with Crippen LogP contribution in [0, 0.1) is 6.92 Å². The molecule has 0 radical (unpaired) electrons. The Hall–Kier alpha value is -2.30. The van der Waals surface area contributed by atoms with E-state index in [1.165, 1.54) is 11.1 Å². The summed E-state index contributed by atoms with van der Waals surface area (Å²) < 4.78 is 0. The van der Waals surface area contributed by atoms with Gasteiger partial charge in [0.25, 0.3) is 0 Å². The fraction of sp³-hybridized carbons (Fsp3) is 0.444. The molecule has 0 saturated carbocycles. The number of aromatic nitrogens is 2. The van der Waals surface area contributed by atoms with Gasteiger partial charge < -0.3 is 10.2 Å². The number of likely N-dealkylation sites (N-methyl/N-ethyl adjacent to an activating group) is 1. The number of nitrogens with one attached hydrogen (secondary N) is 2. The largest absolute Gasteiger partial charge is 0.335 e. The normalized spacial score (nSPS) is 15.3. The molecule has 3 rings (SSSR count). The molecule has 5 heteroatoms. The van der Waals surface area contributed by atoms with E-state index in [4.69, 9.17) is 0 Å². The predicted octanol–water partition coefficient (Wildman–Crippen LogP) is 2.46. The summed E-state index contributed by atoms with van der Waals surface area (Å²) >= 11 is 0. The lowest BCUT2D eigenvalue weighted by Gasteiger charge is -2.26. The molecule has 1 aliphatic rings. The van der Waals surface area contributed by atoms with Crippen LogP contribution in [-0.4, -0.2) is 40.3 Å². The summed E-state index contributed by atoms with van der Waals surface area (Å²) in [6.45, 7) is 3.99. The van der Waals surface area contributed by atoms with Gasteiger partial charge in [0.2, 0.25) is 0 Å². The summed E-state index contributed by atoms with van der Waals surface area (Å²) in [7, 11) is 1.89. The van der Waals surface area contributed by atoms with Gasteiger partial charge in [-0.15, -0.1) is 0 Å². The van der Waals surface area contributed by atoms with Gasteiger partial charge in [0.05, 0.1) is 5.69 Å². The van der Waals surface area contributed by atoms with Crippen molar-refractivity contribution in [1.82, 2.24) is 20.4 Å². The van der Waals surface area contributed by atoms with Crippen LogP contribution >= 0.6 is 0 Å². The van der Waals surface area contributed by atoms with Crippen LogP contribution in [0.3, 0.4) is 0 Å². The third-order valence-electron chi connectivity index (χ3n) is 4.54. The van der Waals surface area contributed by atoms with Gasteiger partial charge in [0.15, 0.2) is 0 Å². The average molecular weight is 312 g/mol. The molecule has 0 fully saturated rings. The number of hydrogen-bond donors (Lipinski definition) is 2. The fourth-order valence-electron chi connectivity index (χ4n) is 3.23. The van der Waals surface area contributed by atoms with Crippen LogP contribution in [0.5, 0.6) is 0 Å². The molecule has 5 nitrogen and oxygen atoms in total. The first-order valence-electron chi connectivity index (χ1n) is 8.14. The lowest BCUT2D eigenvalue weighted by atomic mass is 10.1. The number of aromatic amines is 1. The molecule has 1 aromatic heterocycles. The number of urea groups is 1. The minimum absolute atomic E-state index is 0.0115. The Morgan fingerprint density at radius 2 is 2.04 bits per heavy atom. The molecular formula is C18H24N4O. The molecule has 2 N–H and O–H groups in total. The first-order valence-corrected chi connectivity index (χ1v) is 8.14. The number of amides is 2. The first kappa shape index (κ1) is 15.6. The Kier molecular flexibility index (Phi) is 4.37. The van der Waals surface area contributed by atoms with Gasteiger partial charge in [-0.2, -0.15) is 5.10 Å². The van der Waals surface area contributed by atoms with Crippen LogP contribution in [0.15, 0.2) is 30.3 Å². The molecule has 2 amide bonds. The van der Waals surface area contributed by atoms with Gasteiger partial charge in [-0.25, -0.2) is 4.79 Å². The second-order valence-electron chi connectivity index (χ2n) is 6.54. The Labute approximate surface area is 137 Å². The van der Waals surface area contributed by atoms with Crippen LogP contribution in [0.4, 0.5) is 4.79 Å². The van der Waals surface area contributed by atoms with E-state index in [2.05, 4.69) is 39.8 Å². The molecule has 0 aliphatic heterocycles. The van der Waals surface area contributed by atoms with Crippen molar-refractivity contribution in [1.29, 1.82) is 0 Å². The number of aryl methyl sites for hydroxylation is 1. The van der Waals surface area contributed by atoms with Crippen molar-refractivity contribution in [3.05, 3.63) is 52.8 Å². The van der Waals surface area contributed by atoms with E-state index >= 15 is 0 Å². The number of carbonyl (C=O) groups is 1. The quantitative estimate of drug-likeness (QED) is 0.911. The van der Waals surface area contributed by atoms with Crippen molar-refractivity contribution >= 4 is 6.03 Å². The highest BCUT2D eigenvalue weighted by Gasteiger charge is 2.27. The Morgan fingerprint density at radius 1 is 1.39 bits per heavy atom. The topological polar surface area (TPSA) is 61.0 Å². The number of carbonyl (C=O) groups excluding carboxylic acids is 1. The minimum Gasteiger partial charge on any atom is -0.335 e. The van der Waals surface area contributed by atoms with Crippen molar-refractivity contribution in [3.63, 3.8) is 0 Å². The summed E-state index contributed by atoms with van der Waals surface area (Å²) in [4.78, 5) is 14.3. The highest BCUT2D eigenvalue weighted by molar-refractivity contribution is 5.74. The standard InChI is InChI=1S/C18H24N4O/c1-12(8-16-9-13(2)20-21-16)19-18(23)22(3)17-10-14-6-4-5-7-15(14)11-17/h4-7,9,12,17H,8,10-11H2,1-3H3,(H,19,23)(H,20,21)/t12-/m0/s1. The molecule has 1 heterocycles. The third-order valence-corrected chi connectivity index (χ3v) is 4.54. The van der Waals surface area contributed by atoms with Gasteiger partial charge >= 0.3 is 6.03 Å². The number of fused-ring (bicyclic) bond motifs is 1. The Morgan fingerprint density at radius 3 is 2.61 bits per heavy atom. The van der Waals surface area contributed by atoms with Gasteiger partial charge in [-0.1, -0.05) is 24.3 Å². The van der Waals surface area contributed by atoms with Crippen LogP contribution < -0.4 is 5.32 Å². The zero-order valence-electron chi connectivity index (χ0n) is 14.0. The average Bonchev–Trinajstić information content (AvgIpc) is 3.12. The molecule has 0 spiro atoms. The van der Waals surface area contributed by atoms with E-state index in [-0.39, 0.29) is 18.1 Å². The molecule has 1 atom stereocenters. The number of benzene rings is 1. The summed E-state index contributed by atoms with van der Waals surface area (Å²) in [5.41, 5.74) is 4.74. The second-order valence-corrected chi connectivity index (χ2v) is 6.54. The van der Waals surface area contributed by atoms with Crippen molar-refractivity contribution in [2.45, 2.75) is 45.2 Å². The lowest BCUT2D eigenvalue weighted by molar-refractivity contribution is 0.188. The molecule has 122 valence electrons. The highest BCUT2D eigenvalue weighted by atomic mass is 16.2. The predicted molar refractivity (Wildman–Crippen MR) is 90.4 cm³/mol. The van der Waals surface area contributed by atoms with Crippen LogP contribution in [0.2, 0.25) is 0 Å². The smallest absolute Gasteiger partial charge is 0.317 e. The van der Waals surface area contributed by atoms with Gasteiger partial charge in [0.1, 0.15) is 0 Å². The maximum Gasteiger partial charge on any atom is 0.317 e. The third kappa shape index (κ3) is 3.55. The number of rotatable bonds is 4. The van der Waals surface area contributed by atoms with Gasteiger partial charge in [-0.3, -0.25) is 5.10 Å². The summed E-state index contributed by atoms with van der Waals surface area (Å²) in [6, 6.07) is 10.7. The molecule has 0 bridgehead atoms. The molecular weight excluding hydrogens is 288 g/mol. The number of H-pyrrole nitrogens is 1. The Bertz CT molecular complexity index is 669. The Balaban J connectivity index is 1.54. The lowest BCUT2D eigenvalue weighted by Crippen LogP contribution is -2.47. The van der Waals surface area contributed by atoms with Gasteiger partial charge in [0, 0.05) is 31.2 Å². The highest BCUT2D eigenvalue weighted by Crippen LogP contribution is 2.24. The maximum atomic E-state index is 12.5. The molecule has 1 aliphatic carbocycles. The van der Waals surface area contributed by atoms with Crippen LogP contribution in [0.25, 0.3) is 0 Å². The minimum atomic E-state index is -0.0115. The van der Waals surface area contributed by atoms with Crippen molar-refractivity contribution in [2.24, 2.45) is 0 Å². The molecule has 0 unspecified atom stereocenters. The van der Waals surface area contributed by atoms with Crippen molar-refractivity contribution < 1.29 is 4.79 Å². The first-order chi connectivity index (χ1) is 11.0. The van der Waals surface area contributed by atoms with Crippen LogP contribution in [0.1, 0.15) is 29.4 Å². The van der Waals surface area contributed by atoms with E-state index in [1.54, 1.807) is 0 Å². The summed E-state index contributed by atoms with van der Waals surface area (Å²) in [6.07, 6.45) is 2.61. The van der Waals surface area contributed by atoms with E-state index in [0.29, 0.717) is 0 Å². The molecule has 1 aromatic carbocycles. The molecule has 0 saturated heterocycles. The number of hydrogen-bond acceptors (Lipinski definition) is 2. The number of nitrogens with zero attached hydrogens (tertiary/aromatic N) is 2. The van der Waals surface area contributed by atoms with E-state index < -0.39 is 0 Å². The van der Waals surface area contributed by atoms with Crippen molar-refractivity contribution in [2.75, 3.05) is 7.05 Å². The summed E-state index contributed by atoms with van der Waals surface area (Å²) in [5.74, 6) is 0. The molecule has 23 heavy (non-hydrogen) atoms. The van der Waals surface area contributed by atoms with E-state index in [1.807, 2.05) is 31.9 Å². The SMILES string of the molecule is Cc1cc(C[C@H](C)NC(=O)N(C)C2Cc3ccccc3C2)n[nH]1. The monoisotopic (exact) mass is 312 g/mol. The van der Waals surface area contributed by atoms with E-state index in [0.717, 1.165) is 30.7 Å². The van der Waals surface area contributed by atoms with Crippen molar-refractivity contribution in [3.8, 4) is 0 Å². The van der Waals surface area contributed by atoms with E-state index in [9.17, 15) is 4.79 Å².